The monoisotopic (exact) mass is 568 g/mol. The smallest absolute Gasteiger partial charge is 0.282 e. The Kier molecular flexibility index (Phi) is 7.56. The standard InChI is InChI=1S/C31H29BrN4O2/c1-4-8-30-34-29-16-11-25(32)18-28(29)31(37)36(30)33-19-24-17-21(2)35(22(24)3)26-12-14-27(15-13-26)38-20-23-9-6-5-7-10-23/h5-7,9-19H,4,8,20H2,1-3H3. The highest BCUT2D eigenvalue weighted by Gasteiger charge is 2.13. The van der Waals surface area contributed by atoms with E-state index >= 15 is 0 Å². The average Bonchev–Trinajstić information content (AvgIpc) is 3.21. The molecule has 0 unspecified atom stereocenters. The maximum atomic E-state index is 13.3. The molecule has 0 saturated carbocycles. The third kappa shape index (κ3) is 5.34. The first-order valence-corrected chi connectivity index (χ1v) is 13.5. The van der Waals surface area contributed by atoms with E-state index in [-0.39, 0.29) is 5.56 Å². The fourth-order valence-electron chi connectivity index (χ4n) is 4.57. The van der Waals surface area contributed by atoms with Gasteiger partial charge in [-0.25, -0.2) is 4.98 Å². The molecule has 0 aliphatic carbocycles. The van der Waals surface area contributed by atoms with Crippen LogP contribution >= 0.6 is 15.9 Å². The highest BCUT2D eigenvalue weighted by atomic mass is 79.9. The minimum Gasteiger partial charge on any atom is -0.489 e. The summed E-state index contributed by atoms with van der Waals surface area (Å²) in [6.07, 6.45) is 3.28. The zero-order valence-electron chi connectivity index (χ0n) is 21.7. The number of aromatic nitrogens is 3. The van der Waals surface area contributed by atoms with E-state index in [1.807, 2.05) is 42.5 Å². The molecule has 7 heteroatoms. The van der Waals surface area contributed by atoms with E-state index < -0.39 is 0 Å². The van der Waals surface area contributed by atoms with Crippen molar-refractivity contribution in [3.63, 3.8) is 0 Å². The van der Waals surface area contributed by atoms with E-state index in [2.05, 4.69) is 76.7 Å². The quantitative estimate of drug-likeness (QED) is 0.190. The van der Waals surface area contributed by atoms with Crippen molar-refractivity contribution >= 4 is 33.0 Å². The molecule has 6 nitrogen and oxygen atoms in total. The minimum atomic E-state index is -0.170. The van der Waals surface area contributed by atoms with Gasteiger partial charge in [0, 0.05) is 33.5 Å². The molecule has 192 valence electrons. The van der Waals surface area contributed by atoms with Gasteiger partial charge in [0.15, 0.2) is 0 Å². The summed E-state index contributed by atoms with van der Waals surface area (Å²) < 4.78 is 10.4. The zero-order chi connectivity index (χ0) is 26.6. The lowest BCUT2D eigenvalue weighted by molar-refractivity contribution is 0.306. The summed E-state index contributed by atoms with van der Waals surface area (Å²) in [5.74, 6) is 1.48. The molecule has 0 bridgehead atoms. The van der Waals surface area contributed by atoms with E-state index in [9.17, 15) is 4.79 Å². The van der Waals surface area contributed by atoms with Crippen LogP contribution in [-0.4, -0.2) is 20.4 Å². The number of hydrogen-bond acceptors (Lipinski definition) is 4. The van der Waals surface area contributed by atoms with Crippen LogP contribution in [0, 0.1) is 13.8 Å². The van der Waals surface area contributed by atoms with Crippen LogP contribution < -0.4 is 10.3 Å². The molecule has 0 atom stereocenters. The first kappa shape index (κ1) is 25.7. The second kappa shape index (κ2) is 11.2. The van der Waals surface area contributed by atoms with Gasteiger partial charge in [0.25, 0.3) is 5.56 Å². The molecule has 0 fully saturated rings. The molecular weight excluding hydrogens is 540 g/mol. The Labute approximate surface area is 230 Å². The third-order valence-corrected chi connectivity index (χ3v) is 6.97. The first-order chi connectivity index (χ1) is 18.4. The van der Waals surface area contributed by atoms with Crippen molar-refractivity contribution < 1.29 is 4.74 Å². The molecule has 38 heavy (non-hydrogen) atoms. The molecular formula is C31H29BrN4O2. The molecule has 0 amide bonds. The number of ether oxygens (including phenoxy) is 1. The molecule has 3 aromatic carbocycles. The van der Waals surface area contributed by atoms with Crippen LogP contribution in [0.5, 0.6) is 5.75 Å². The number of aryl methyl sites for hydroxylation is 2. The molecule has 5 aromatic rings. The summed E-state index contributed by atoms with van der Waals surface area (Å²) in [7, 11) is 0. The summed E-state index contributed by atoms with van der Waals surface area (Å²) in [5, 5.41) is 5.16. The third-order valence-electron chi connectivity index (χ3n) is 6.47. The van der Waals surface area contributed by atoms with Crippen molar-refractivity contribution in [2.24, 2.45) is 5.10 Å². The van der Waals surface area contributed by atoms with Crippen molar-refractivity contribution in [2.75, 3.05) is 0 Å². The van der Waals surface area contributed by atoms with Gasteiger partial charge < -0.3 is 9.30 Å². The van der Waals surface area contributed by atoms with E-state index in [0.717, 1.165) is 44.8 Å². The molecule has 0 spiro atoms. The molecule has 0 aliphatic rings. The number of halogens is 1. The lowest BCUT2D eigenvalue weighted by Gasteiger charge is -2.12. The number of fused-ring (bicyclic) bond motifs is 1. The van der Waals surface area contributed by atoms with E-state index in [1.165, 1.54) is 4.68 Å². The van der Waals surface area contributed by atoms with E-state index in [4.69, 9.17) is 9.72 Å². The fourth-order valence-corrected chi connectivity index (χ4v) is 4.93. The van der Waals surface area contributed by atoms with E-state index in [1.54, 1.807) is 12.3 Å². The average molecular weight is 570 g/mol. The largest absolute Gasteiger partial charge is 0.489 e. The Morgan fingerprint density at radius 3 is 2.50 bits per heavy atom. The Balaban J connectivity index is 1.42. The highest BCUT2D eigenvalue weighted by molar-refractivity contribution is 9.10. The maximum Gasteiger partial charge on any atom is 0.282 e. The van der Waals surface area contributed by atoms with Crippen molar-refractivity contribution in [3.8, 4) is 11.4 Å². The summed E-state index contributed by atoms with van der Waals surface area (Å²) in [6.45, 7) is 6.72. The fraction of sp³-hybridized carbons (Fsp3) is 0.194. The first-order valence-electron chi connectivity index (χ1n) is 12.7. The SMILES string of the molecule is CCCc1nc2ccc(Br)cc2c(=O)n1N=Cc1cc(C)n(-c2ccc(OCc3ccccc3)cc2)c1C. The lowest BCUT2D eigenvalue weighted by atomic mass is 10.2. The van der Waals surface area contributed by atoms with Gasteiger partial charge in [-0.2, -0.15) is 9.78 Å². The molecule has 5 rings (SSSR count). The van der Waals surface area contributed by atoms with Gasteiger partial charge in [-0.15, -0.1) is 0 Å². The molecule has 0 aliphatic heterocycles. The predicted octanol–water partition coefficient (Wildman–Crippen LogP) is 6.98. The normalized spacial score (nSPS) is 11.5. The van der Waals surface area contributed by atoms with Crippen molar-refractivity contribution in [1.82, 2.24) is 14.2 Å². The molecule has 2 heterocycles. The van der Waals surface area contributed by atoms with Gasteiger partial charge in [-0.05, 0) is 74.4 Å². The van der Waals surface area contributed by atoms with Crippen molar-refractivity contribution in [2.45, 2.75) is 40.2 Å². The van der Waals surface area contributed by atoms with Gasteiger partial charge in [0.1, 0.15) is 18.2 Å². The number of rotatable bonds is 8. The van der Waals surface area contributed by atoms with E-state index in [0.29, 0.717) is 29.8 Å². The van der Waals surface area contributed by atoms with Crippen molar-refractivity contribution in [3.05, 3.63) is 122 Å². The summed E-state index contributed by atoms with van der Waals surface area (Å²) in [4.78, 5) is 18.0. The second-order valence-electron chi connectivity index (χ2n) is 9.23. The Bertz CT molecular complexity index is 1670. The molecule has 0 saturated heterocycles. The summed E-state index contributed by atoms with van der Waals surface area (Å²) in [6, 6.07) is 25.8. The van der Waals surface area contributed by atoms with Crippen LogP contribution in [-0.2, 0) is 13.0 Å². The van der Waals surface area contributed by atoms with Gasteiger partial charge in [0.05, 0.1) is 17.1 Å². The van der Waals surface area contributed by atoms with Crippen LogP contribution in [0.4, 0.5) is 0 Å². The maximum absolute atomic E-state index is 13.3. The van der Waals surface area contributed by atoms with Crippen LogP contribution in [0.15, 0.2) is 93.2 Å². The van der Waals surface area contributed by atoms with Gasteiger partial charge in [-0.3, -0.25) is 4.79 Å². The van der Waals surface area contributed by atoms with Crippen molar-refractivity contribution in [1.29, 1.82) is 0 Å². The highest BCUT2D eigenvalue weighted by Crippen LogP contribution is 2.23. The van der Waals surface area contributed by atoms with Crippen LogP contribution in [0.3, 0.4) is 0 Å². The molecule has 0 radical (unpaired) electrons. The summed E-state index contributed by atoms with van der Waals surface area (Å²) in [5.41, 5.74) is 5.73. The second-order valence-corrected chi connectivity index (χ2v) is 10.1. The molecule has 0 N–H and O–H groups in total. The van der Waals surface area contributed by atoms with Gasteiger partial charge in [0.2, 0.25) is 0 Å². The number of nitrogens with zero attached hydrogens (tertiary/aromatic N) is 4. The Morgan fingerprint density at radius 1 is 1.00 bits per heavy atom. The summed E-state index contributed by atoms with van der Waals surface area (Å²) >= 11 is 3.46. The van der Waals surface area contributed by atoms with Gasteiger partial charge in [-0.1, -0.05) is 53.2 Å². The number of benzene rings is 3. The molecule has 2 aromatic heterocycles. The topological polar surface area (TPSA) is 61.4 Å². The minimum absolute atomic E-state index is 0.170. The van der Waals surface area contributed by atoms with Gasteiger partial charge >= 0.3 is 0 Å². The number of hydrogen-bond donors (Lipinski definition) is 0. The Morgan fingerprint density at radius 2 is 1.76 bits per heavy atom. The zero-order valence-corrected chi connectivity index (χ0v) is 23.3. The predicted molar refractivity (Wildman–Crippen MR) is 157 cm³/mol. The van der Waals surface area contributed by atoms with Crippen LogP contribution in [0.25, 0.3) is 16.6 Å². The Hall–Kier alpha value is -3.97. The lowest BCUT2D eigenvalue weighted by Crippen LogP contribution is -2.22. The van der Waals surface area contributed by atoms with Crippen LogP contribution in [0.1, 0.15) is 41.7 Å². The van der Waals surface area contributed by atoms with Crippen LogP contribution in [0.2, 0.25) is 0 Å².